The molecule has 0 unspecified atom stereocenters. The van der Waals surface area contributed by atoms with Gasteiger partial charge in [0.2, 0.25) is 0 Å². The van der Waals surface area contributed by atoms with E-state index < -0.39 is 5.97 Å². The maximum atomic E-state index is 10.8. The van der Waals surface area contributed by atoms with Crippen LogP contribution in [0.15, 0.2) is 0 Å². The van der Waals surface area contributed by atoms with E-state index >= 15 is 0 Å². The zero-order valence-electron chi connectivity index (χ0n) is 7.40. The van der Waals surface area contributed by atoms with Crippen molar-refractivity contribution in [1.82, 2.24) is 15.0 Å². The number of hydrogen-bond acceptors (Lipinski definition) is 3. The molecule has 5 nitrogen and oxygen atoms in total. The Balaban J connectivity index is 2.44. The van der Waals surface area contributed by atoms with Gasteiger partial charge in [-0.1, -0.05) is 5.21 Å². The second-order valence-electron chi connectivity index (χ2n) is 3.22. The summed E-state index contributed by atoms with van der Waals surface area (Å²) in [6, 6.07) is 0. The molecule has 0 aromatic carbocycles. The number of carbonyl (C=O) groups is 1. The van der Waals surface area contributed by atoms with Gasteiger partial charge < -0.3 is 5.11 Å². The van der Waals surface area contributed by atoms with E-state index in [-0.39, 0.29) is 5.69 Å². The lowest BCUT2D eigenvalue weighted by Gasteiger charge is -2.00. The monoisotopic (exact) mass is 181 g/mol. The number of nitrogens with zero attached hydrogens (tertiary/aromatic N) is 3. The van der Waals surface area contributed by atoms with Crippen LogP contribution in [0, 0.1) is 0 Å². The number of carboxylic acid groups (broad SMARTS) is 1. The van der Waals surface area contributed by atoms with E-state index in [1.54, 1.807) is 4.68 Å². The van der Waals surface area contributed by atoms with Crippen LogP contribution in [0.1, 0.15) is 41.9 Å². The summed E-state index contributed by atoms with van der Waals surface area (Å²) in [5.41, 5.74) is 0.930. The molecule has 1 aromatic rings. The van der Waals surface area contributed by atoms with Gasteiger partial charge in [-0.25, -0.2) is 9.48 Å². The minimum absolute atomic E-state index is 0.129. The molecule has 2 rings (SSSR count). The van der Waals surface area contributed by atoms with Crippen molar-refractivity contribution in [3.63, 3.8) is 0 Å². The van der Waals surface area contributed by atoms with Crippen molar-refractivity contribution in [3.8, 4) is 0 Å². The predicted octanol–water partition coefficient (Wildman–Crippen LogP) is 0.874. The van der Waals surface area contributed by atoms with Crippen LogP contribution in [-0.4, -0.2) is 26.1 Å². The Bertz CT molecular complexity index is 341. The van der Waals surface area contributed by atoms with Crippen LogP contribution >= 0.6 is 0 Å². The minimum Gasteiger partial charge on any atom is -0.476 e. The molecule has 0 amide bonds. The first-order valence-corrected chi connectivity index (χ1v) is 4.40. The second kappa shape index (κ2) is 2.83. The molecule has 1 aliphatic carbocycles. The molecule has 13 heavy (non-hydrogen) atoms. The van der Waals surface area contributed by atoms with Crippen molar-refractivity contribution in [2.24, 2.45) is 0 Å². The summed E-state index contributed by atoms with van der Waals surface area (Å²) in [5, 5.41) is 16.3. The smallest absolute Gasteiger partial charge is 0.358 e. The van der Waals surface area contributed by atoms with Gasteiger partial charge in [-0.15, -0.1) is 5.10 Å². The predicted molar refractivity (Wildman–Crippen MR) is 44.6 cm³/mol. The molecular weight excluding hydrogens is 170 g/mol. The Kier molecular flexibility index (Phi) is 1.79. The molecule has 0 aliphatic heterocycles. The lowest BCUT2D eigenvalue weighted by Crippen LogP contribution is -2.05. The van der Waals surface area contributed by atoms with E-state index in [4.69, 9.17) is 5.11 Å². The summed E-state index contributed by atoms with van der Waals surface area (Å²) in [6.45, 7) is 2.62. The van der Waals surface area contributed by atoms with Crippen LogP contribution in [-0.2, 0) is 6.54 Å². The maximum Gasteiger partial charge on any atom is 0.358 e. The summed E-state index contributed by atoms with van der Waals surface area (Å²) in [5.74, 6) is -0.595. The van der Waals surface area contributed by atoms with Crippen molar-refractivity contribution < 1.29 is 9.90 Å². The van der Waals surface area contributed by atoms with Crippen molar-refractivity contribution in [2.75, 3.05) is 0 Å². The molecule has 0 atom stereocenters. The van der Waals surface area contributed by atoms with Crippen molar-refractivity contribution in [1.29, 1.82) is 0 Å². The molecule has 1 heterocycles. The van der Waals surface area contributed by atoms with Crippen LogP contribution < -0.4 is 0 Å². The van der Waals surface area contributed by atoms with Crippen molar-refractivity contribution >= 4 is 5.97 Å². The fraction of sp³-hybridized carbons (Fsp3) is 0.625. The molecule has 1 aromatic heterocycles. The number of aromatic nitrogens is 3. The average Bonchev–Trinajstić information content (AvgIpc) is 2.84. The first-order chi connectivity index (χ1) is 6.24. The van der Waals surface area contributed by atoms with Crippen LogP contribution in [0.5, 0.6) is 0 Å². The van der Waals surface area contributed by atoms with Crippen molar-refractivity contribution in [2.45, 2.75) is 32.2 Å². The van der Waals surface area contributed by atoms with Gasteiger partial charge in [0, 0.05) is 12.5 Å². The first kappa shape index (κ1) is 8.22. The lowest BCUT2D eigenvalue weighted by atomic mass is 10.2. The largest absolute Gasteiger partial charge is 0.476 e. The highest BCUT2D eigenvalue weighted by Gasteiger charge is 2.33. The third-order valence-corrected chi connectivity index (χ3v) is 2.24. The highest BCUT2D eigenvalue weighted by atomic mass is 16.4. The summed E-state index contributed by atoms with van der Waals surface area (Å²) < 4.78 is 1.68. The molecule has 5 heteroatoms. The van der Waals surface area contributed by atoms with Gasteiger partial charge in [0.05, 0.1) is 5.69 Å². The third-order valence-electron chi connectivity index (χ3n) is 2.24. The fourth-order valence-corrected chi connectivity index (χ4v) is 1.47. The summed E-state index contributed by atoms with van der Waals surface area (Å²) in [7, 11) is 0. The summed E-state index contributed by atoms with van der Waals surface area (Å²) in [4.78, 5) is 10.8. The lowest BCUT2D eigenvalue weighted by molar-refractivity contribution is 0.0689. The maximum absolute atomic E-state index is 10.8. The van der Waals surface area contributed by atoms with Gasteiger partial charge in [-0.3, -0.25) is 0 Å². The van der Waals surface area contributed by atoms with Crippen LogP contribution in [0.25, 0.3) is 0 Å². The third kappa shape index (κ3) is 1.30. The van der Waals surface area contributed by atoms with Crippen LogP contribution in [0.2, 0.25) is 0 Å². The molecule has 1 aliphatic rings. The van der Waals surface area contributed by atoms with Gasteiger partial charge in [0.15, 0.2) is 5.69 Å². The fourth-order valence-electron chi connectivity index (χ4n) is 1.47. The number of aryl methyl sites for hydroxylation is 1. The normalized spacial score (nSPS) is 16.1. The quantitative estimate of drug-likeness (QED) is 0.751. The average molecular weight is 181 g/mol. The van der Waals surface area contributed by atoms with Crippen LogP contribution in [0.4, 0.5) is 0 Å². The van der Waals surface area contributed by atoms with E-state index in [1.165, 1.54) is 0 Å². The topological polar surface area (TPSA) is 68.0 Å². The van der Waals surface area contributed by atoms with Gasteiger partial charge >= 0.3 is 5.97 Å². The van der Waals surface area contributed by atoms with Gasteiger partial charge in [0.25, 0.3) is 0 Å². The molecular formula is C8H11N3O2. The Morgan fingerprint density at radius 2 is 2.38 bits per heavy atom. The molecule has 1 saturated carbocycles. The Morgan fingerprint density at radius 3 is 2.85 bits per heavy atom. The van der Waals surface area contributed by atoms with Crippen molar-refractivity contribution in [3.05, 3.63) is 11.4 Å². The molecule has 0 bridgehead atoms. The Hall–Kier alpha value is -1.39. The van der Waals surface area contributed by atoms with E-state index in [9.17, 15) is 4.79 Å². The molecule has 0 radical (unpaired) electrons. The van der Waals surface area contributed by atoms with Gasteiger partial charge in [0.1, 0.15) is 0 Å². The highest BCUT2D eigenvalue weighted by Crippen LogP contribution is 2.41. The van der Waals surface area contributed by atoms with Gasteiger partial charge in [-0.05, 0) is 19.8 Å². The zero-order chi connectivity index (χ0) is 9.42. The molecule has 1 fully saturated rings. The summed E-state index contributed by atoms with van der Waals surface area (Å²) in [6.07, 6.45) is 2.13. The Labute approximate surface area is 75.4 Å². The highest BCUT2D eigenvalue weighted by molar-refractivity contribution is 5.86. The Morgan fingerprint density at radius 1 is 1.69 bits per heavy atom. The molecule has 0 spiro atoms. The number of aromatic carboxylic acids is 1. The molecule has 0 saturated heterocycles. The molecule has 70 valence electrons. The van der Waals surface area contributed by atoms with E-state index in [0.29, 0.717) is 12.5 Å². The van der Waals surface area contributed by atoms with E-state index in [2.05, 4.69) is 10.3 Å². The second-order valence-corrected chi connectivity index (χ2v) is 3.22. The molecule has 1 N–H and O–H groups in total. The number of rotatable bonds is 3. The minimum atomic E-state index is -0.971. The zero-order valence-corrected chi connectivity index (χ0v) is 7.40. The number of carboxylic acids is 1. The summed E-state index contributed by atoms with van der Waals surface area (Å²) >= 11 is 0. The van der Waals surface area contributed by atoms with E-state index in [0.717, 1.165) is 18.5 Å². The standard InChI is InChI=1S/C8H11N3O2/c1-2-11-7(5-3-4-5)6(8(12)13)9-10-11/h5H,2-4H2,1H3,(H,12,13). The van der Waals surface area contributed by atoms with Gasteiger partial charge in [-0.2, -0.15) is 0 Å². The van der Waals surface area contributed by atoms with E-state index in [1.807, 2.05) is 6.92 Å². The number of hydrogen-bond donors (Lipinski definition) is 1. The first-order valence-electron chi connectivity index (χ1n) is 4.40. The SMILES string of the molecule is CCn1nnc(C(=O)O)c1C1CC1. The van der Waals surface area contributed by atoms with Crippen LogP contribution in [0.3, 0.4) is 0 Å².